The molecule has 0 aliphatic heterocycles. The predicted molar refractivity (Wildman–Crippen MR) is 55.2 cm³/mol. The van der Waals surface area contributed by atoms with Crippen LogP contribution in [0.5, 0.6) is 5.88 Å². The maximum Gasteiger partial charge on any atom is 0.233 e. The summed E-state index contributed by atoms with van der Waals surface area (Å²) in [5.74, 6) is 0.584. The normalized spacial score (nSPS) is 10.6. The van der Waals surface area contributed by atoms with Gasteiger partial charge in [0.1, 0.15) is 0 Å². The van der Waals surface area contributed by atoms with Gasteiger partial charge < -0.3 is 10.1 Å². The first-order valence-corrected chi connectivity index (χ1v) is 4.92. The lowest BCUT2D eigenvalue weighted by molar-refractivity contribution is 0.229. The molecule has 0 atom stereocenters. The molecule has 4 nitrogen and oxygen atoms in total. The monoisotopic (exact) mass is 195 g/mol. The highest BCUT2D eigenvalue weighted by Gasteiger charge is 2.00. The van der Waals surface area contributed by atoms with Gasteiger partial charge in [0.2, 0.25) is 5.88 Å². The standard InChI is InChI=1S/C10H17N3O/c1-4-11-7-9-5-6-10(13-12-9)14-8(2)3/h5-6,8,11H,4,7H2,1-3H3. The van der Waals surface area contributed by atoms with Gasteiger partial charge in [-0.3, -0.25) is 0 Å². The quantitative estimate of drug-likeness (QED) is 0.771. The largest absolute Gasteiger partial charge is 0.474 e. The van der Waals surface area contributed by atoms with Crippen molar-refractivity contribution in [2.75, 3.05) is 6.54 Å². The Morgan fingerprint density at radius 2 is 2.14 bits per heavy atom. The van der Waals surface area contributed by atoms with Gasteiger partial charge in [0, 0.05) is 12.6 Å². The number of rotatable bonds is 5. The van der Waals surface area contributed by atoms with E-state index in [4.69, 9.17) is 4.74 Å². The molecule has 0 radical (unpaired) electrons. The molecule has 1 heterocycles. The minimum atomic E-state index is 0.143. The third kappa shape index (κ3) is 3.70. The topological polar surface area (TPSA) is 47.0 Å². The van der Waals surface area contributed by atoms with Crippen LogP contribution in [0.2, 0.25) is 0 Å². The van der Waals surface area contributed by atoms with Gasteiger partial charge in [0.25, 0.3) is 0 Å². The number of nitrogens with zero attached hydrogens (tertiary/aromatic N) is 2. The van der Waals surface area contributed by atoms with Crippen molar-refractivity contribution in [2.45, 2.75) is 33.4 Å². The van der Waals surface area contributed by atoms with E-state index in [0.29, 0.717) is 5.88 Å². The van der Waals surface area contributed by atoms with Gasteiger partial charge in [-0.05, 0) is 26.5 Å². The summed E-state index contributed by atoms with van der Waals surface area (Å²) in [7, 11) is 0. The molecular weight excluding hydrogens is 178 g/mol. The van der Waals surface area contributed by atoms with Crippen molar-refractivity contribution in [1.82, 2.24) is 15.5 Å². The third-order valence-corrected chi connectivity index (χ3v) is 1.61. The lowest BCUT2D eigenvalue weighted by Crippen LogP contribution is -2.14. The van der Waals surface area contributed by atoms with Crippen LogP contribution in [0, 0.1) is 0 Å². The van der Waals surface area contributed by atoms with Crippen molar-refractivity contribution < 1.29 is 4.74 Å². The Hall–Kier alpha value is -1.16. The summed E-state index contributed by atoms with van der Waals surface area (Å²) in [6.45, 7) is 7.68. The van der Waals surface area contributed by atoms with Gasteiger partial charge in [-0.1, -0.05) is 6.92 Å². The van der Waals surface area contributed by atoms with E-state index >= 15 is 0 Å². The molecule has 0 fully saturated rings. The SMILES string of the molecule is CCNCc1ccc(OC(C)C)nn1. The first-order chi connectivity index (χ1) is 6.72. The third-order valence-electron chi connectivity index (χ3n) is 1.61. The first kappa shape index (κ1) is 10.9. The van der Waals surface area contributed by atoms with Crippen LogP contribution in [-0.4, -0.2) is 22.8 Å². The molecule has 0 aromatic carbocycles. The second kappa shape index (κ2) is 5.54. The predicted octanol–water partition coefficient (Wildman–Crippen LogP) is 1.37. The number of ether oxygens (including phenoxy) is 1. The maximum absolute atomic E-state index is 5.38. The molecular formula is C10H17N3O. The Kier molecular flexibility index (Phi) is 4.32. The van der Waals surface area contributed by atoms with Crippen molar-refractivity contribution in [3.63, 3.8) is 0 Å². The zero-order chi connectivity index (χ0) is 10.4. The molecule has 0 aliphatic carbocycles. The van der Waals surface area contributed by atoms with Crippen LogP contribution < -0.4 is 10.1 Å². The van der Waals surface area contributed by atoms with E-state index in [2.05, 4.69) is 22.4 Å². The zero-order valence-electron chi connectivity index (χ0n) is 8.95. The van der Waals surface area contributed by atoms with Crippen molar-refractivity contribution in [2.24, 2.45) is 0 Å². The highest BCUT2D eigenvalue weighted by Crippen LogP contribution is 2.06. The van der Waals surface area contributed by atoms with Crippen LogP contribution in [0.1, 0.15) is 26.5 Å². The average Bonchev–Trinajstić information content (AvgIpc) is 2.16. The van der Waals surface area contributed by atoms with Gasteiger partial charge in [-0.15, -0.1) is 5.10 Å². The fraction of sp³-hybridized carbons (Fsp3) is 0.600. The van der Waals surface area contributed by atoms with E-state index in [-0.39, 0.29) is 6.10 Å². The van der Waals surface area contributed by atoms with E-state index in [1.165, 1.54) is 0 Å². The summed E-state index contributed by atoms with van der Waals surface area (Å²) >= 11 is 0. The summed E-state index contributed by atoms with van der Waals surface area (Å²) in [4.78, 5) is 0. The van der Waals surface area contributed by atoms with E-state index in [1.807, 2.05) is 26.0 Å². The van der Waals surface area contributed by atoms with Crippen LogP contribution in [-0.2, 0) is 6.54 Å². The molecule has 0 amide bonds. The number of nitrogens with one attached hydrogen (secondary N) is 1. The highest BCUT2D eigenvalue weighted by atomic mass is 16.5. The number of hydrogen-bond donors (Lipinski definition) is 1. The lowest BCUT2D eigenvalue weighted by atomic mass is 10.4. The van der Waals surface area contributed by atoms with Gasteiger partial charge in [-0.25, -0.2) is 0 Å². The maximum atomic E-state index is 5.38. The molecule has 0 bridgehead atoms. The molecule has 4 heteroatoms. The van der Waals surface area contributed by atoms with Crippen LogP contribution >= 0.6 is 0 Å². The van der Waals surface area contributed by atoms with Crippen LogP contribution in [0.4, 0.5) is 0 Å². The van der Waals surface area contributed by atoms with Crippen molar-refractivity contribution in [1.29, 1.82) is 0 Å². The molecule has 0 saturated heterocycles. The minimum Gasteiger partial charge on any atom is -0.474 e. The average molecular weight is 195 g/mol. The van der Waals surface area contributed by atoms with Crippen LogP contribution in [0.25, 0.3) is 0 Å². The summed E-state index contributed by atoms with van der Waals surface area (Å²) in [5.41, 5.74) is 0.933. The van der Waals surface area contributed by atoms with Gasteiger partial charge in [0.05, 0.1) is 11.8 Å². The molecule has 14 heavy (non-hydrogen) atoms. The fourth-order valence-corrected chi connectivity index (χ4v) is 0.999. The molecule has 78 valence electrons. The second-order valence-electron chi connectivity index (χ2n) is 3.31. The van der Waals surface area contributed by atoms with E-state index in [1.54, 1.807) is 0 Å². The van der Waals surface area contributed by atoms with E-state index in [9.17, 15) is 0 Å². The van der Waals surface area contributed by atoms with Crippen LogP contribution in [0.15, 0.2) is 12.1 Å². The molecule has 1 aromatic heterocycles. The highest BCUT2D eigenvalue weighted by molar-refractivity contribution is 5.11. The van der Waals surface area contributed by atoms with Gasteiger partial charge >= 0.3 is 0 Å². The van der Waals surface area contributed by atoms with E-state index in [0.717, 1.165) is 18.8 Å². The number of hydrogen-bond acceptors (Lipinski definition) is 4. The first-order valence-electron chi connectivity index (χ1n) is 4.92. The molecule has 0 spiro atoms. The summed E-state index contributed by atoms with van der Waals surface area (Å²) in [5, 5.41) is 11.2. The summed E-state index contributed by atoms with van der Waals surface area (Å²) in [6, 6.07) is 3.77. The minimum absolute atomic E-state index is 0.143. The van der Waals surface area contributed by atoms with Crippen molar-refractivity contribution >= 4 is 0 Å². The second-order valence-corrected chi connectivity index (χ2v) is 3.31. The Labute approximate surface area is 84.7 Å². The Morgan fingerprint density at radius 3 is 2.64 bits per heavy atom. The lowest BCUT2D eigenvalue weighted by Gasteiger charge is -2.07. The van der Waals surface area contributed by atoms with Gasteiger partial charge in [-0.2, -0.15) is 5.10 Å². The summed E-state index contributed by atoms with van der Waals surface area (Å²) < 4.78 is 5.38. The molecule has 0 aliphatic rings. The molecule has 0 unspecified atom stereocenters. The van der Waals surface area contributed by atoms with Gasteiger partial charge in [0.15, 0.2) is 0 Å². The fourth-order valence-electron chi connectivity index (χ4n) is 0.999. The Balaban J connectivity index is 2.50. The Bertz CT molecular complexity index is 259. The molecule has 1 N–H and O–H groups in total. The summed E-state index contributed by atoms with van der Waals surface area (Å²) in [6.07, 6.45) is 0.143. The smallest absolute Gasteiger partial charge is 0.233 e. The molecule has 0 saturated carbocycles. The Morgan fingerprint density at radius 1 is 1.36 bits per heavy atom. The van der Waals surface area contributed by atoms with Crippen molar-refractivity contribution in [3.8, 4) is 5.88 Å². The van der Waals surface area contributed by atoms with Crippen LogP contribution in [0.3, 0.4) is 0 Å². The molecule has 1 aromatic rings. The number of aromatic nitrogens is 2. The van der Waals surface area contributed by atoms with E-state index < -0.39 is 0 Å². The molecule has 1 rings (SSSR count). The van der Waals surface area contributed by atoms with Crippen molar-refractivity contribution in [3.05, 3.63) is 17.8 Å². The zero-order valence-corrected chi connectivity index (χ0v) is 8.95.